The first-order valence-corrected chi connectivity index (χ1v) is 6.66. The summed E-state index contributed by atoms with van der Waals surface area (Å²) in [7, 11) is 0. The molecule has 1 heterocycles. The summed E-state index contributed by atoms with van der Waals surface area (Å²) in [5.74, 6) is -0.346. The third-order valence-corrected chi connectivity index (χ3v) is 3.75. The predicted octanol–water partition coefficient (Wildman–Crippen LogP) is 2.02. The molecule has 0 bridgehead atoms. The number of rotatable bonds is 2. The van der Waals surface area contributed by atoms with E-state index in [1.165, 1.54) is 17.7 Å². The van der Waals surface area contributed by atoms with Crippen molar-refractivity contribution in [2.45, 2.75) is 18.6 Å². The maximum absolute atomic E-state index is 10.0. The summed E-state index contributed by atoms with van der Waals surface area (Å²) >= 11 is 0. The van der Waals surface area contributed by atoms with E-state index in [1.807, 2.05) is 30.3 Å². The molecular formula is C16H17NO3. The zero-order valence-electron chi connectivity index (χ0n) is 11.0. The Morgan fingerprint density at radius 1 is 1.00 bits per heavy atom. The molecule has 0 saturated carbocycles. The normalized spacial score (nSPS) is 21.4. The highest BCUT2D eigenvalue weighted by Gasteiger charge is 2.27. The first kappa shape index (κ1) is 13.0. The molecular weight excluding hydrogens is 254 g/mol. The maximum Gasteiger partial charge on any atom is 0.157 e. The Morgan fingerprint density at radius 2 is 1.65 bits per heavy atom. The molecule has 0 fully saturated rings. The van der Waals surface area contributed by atoms with Gasteiger partial charge < -0.3 is 20.6 Å². The van der Waals surface area contributed by atoms with E-state index in [-0.39, 0.29) is 17.5 Å². The summed E-state index contributed by atoms with van der Waals surface area (Å²) < 4.78 is 0. The van der Waals surface area contributed by atoms with Crippen molar-refractivity contribution in [2.75, 3.05) is 6.54 Å². The van der Waals surface area contributed by atoms with Crippen molar-refractivity contribution in [3.05, 3.63) is 59.2 Å². The van der Waals surface area contributed by atoms with Gasteiger partial charge in [-0.05, 0) is 35.2 Å². The van der Waals surface area contributed by atoms with Crippen molar-refractivity contribution >= 4 is 0 Å². The number of hydrogen-bond acceptors (Lipinski definition) is 4. The van der Waals surface area contributed by atoms with Gasteiger partial charge in [-0.25, -0.2) is 0 Å². The van der Waals surface area contributed by atoms with Gasteiger partial charge in [0, 0.05) is 12.6 Å². The SMILES string of the molecule is Oc1cc2c(cc1O)C(Cc1ccccc1)NCC2O. The number of phenolic OH excluding ortho intramolecular Hbond substituents is 2. The Bertz CT molecular complexity index is 613. The van der Waals surface area contributed by atoms with Crippen LogP contribution in [0.15, 0.2) is 42.5 Å². The summed E-state index contributed by atoms with van der Waals surface area (Å²) in [6, 6.07) is 13.0. The molecule has 2 unspecified atom stereocenters. The Morgan fingerprint density at radius 3 is 2.35 bits per heavy atom. The molecule has 0 spiro atoms. The number of hydrogen-bond donors (Lipinski definition) is 4. The highest BCUT2D eigenvalue weighted by Crippen LogP contribution is 2.37. The summed E-state index contributed by atoms with van der Waals surface area (Å²) in [5.41, 5.74) is 2.70. The lowest BCUT2D eigenvalue weighted by atomic mass is 9.88. The van der Waals surface area contributed by atoms with Crippen LogP contribution >= 0.6 is 0 Å². The molecule has 0 amide bonds. The van der Waals surface area contributed by atoms with Crippen LogP contribution < -0.4 is 5.32 Å². The van der Waals surface area contributed by atoms with Gasteiger partial charge in [0.05, 0.1) is 6.10 Å². The fraction of sp³-hybridized carbons (Fsp3) is 0.250. The van der Waals surface area contributed by atoms with Gasteiger partial charge in [-0.2, -0.15) is 0 Å². The molecule has 0 saturated heterocycles. The Hall–Kier alpha value is -2.04. The minimum atomic E-state index is -0.663. The minimum absolute atomic E-state index is 0.0160. The lowest BCUT2D eigenvalue weighted by molar-refractivity contribution is 0.156. The van der Waals surface area contributed by atoms with E-state index in [0.29, 0.717) is 12.1 Å². The number of β-amino-alcohol motifs (C(OH)–C–C–N with tert-alkyl or cyclic N) is 1. The Balaban J connectivity index is 1.96. The van der Waals surface area contributed by atoms with Crippen LogP contribution in [0.2, 0.25) is 0 Å². The summed E-state index contributed by atoms with van der Waals surface area (Å²) in [4.78, 5) is 0. The highest BCUT2D eigenvalue weighted by atomic mass is 16.3. The number of fused-ring (bicyclic) bond motifs is 1. The van der Waals surface area contributed by atoms with E-state index in [9.17, 15) is 15.3 Å². The molecule has 2 aromatic rings. The molecule has 0 radical (unpaired) electrons. The number of benzene rings is 2. The third-order valence-electron chi connectivity index (χ3n) is 3.75. The smallest absolute Gasteiger partial charge is 0.157 e. The molecule has 0 aromatic heterocycles. The second-order valence-electron chi connectivity index (χ2n) is 5.14. The standard InChI is InChI=1S/C16H17NO3/c18-14-7-11-12(8-15(14)19)16(20)9-17-13(11)6-10-4-2-1-3-5-10/h1-5,7-8,13,16-20H,6,9H2. The fourth-order valence-electron chi connectivity index (χ4n) is 2.71. The zero-order valence-corrected chi connectivity index (χ0v) is 11.0. The average Bonchev–Trinajstić information content (AvgIpc) is 2.45. The van der Waals surface area contributed by atoms with Gasteiger partial charge >= 0.3 is 0 Å². The van der Waals surface area contributed by atoms with Crippen LogP contribution in [-0.2, 0) is 6.42 Å². The number of nitrogens with one attached hydrogen (secondary N) is 1. The third kappa shape index (κ3) is 2.35. The van der Waals surface area contributed by atoms with Gasteiger partial charge in [-0.1, -0.05) is 30.3 Å². The first-order chi connectivity index (χ1) is 9.65. The topological polar surface area (TPSA) is 72.7 Å². The maximum atomic E-state index is 10.0. The molecule has 0 aliphatic carbocycles. The zero-order chi connectivity index (χ0) is 14.1. The van der Waals surface area contributed by atoms with Crippen molar-refractivity contribution in [3.63, 3.8) is 0 Å². The number of aliphatic hydroxyl groups excluding tert-OH is 1. The van der Waals surface area contributed by atoms with Gasteiger partial charge in [-0.15, -0.1) is 0 Å². The Kier molecular flexibility index (Phi) is 3.34. The summed E-state index contributed by atoms with van der Waals surface area (Å²) in [6.07, 6.45) is 0.105. The average molecular weight is 271 g/mol. The van der Waals surface area contributed by atoms with Gasteiger partial charge in [0.2, 0.25) is 0 Å². The molecule has 1 aliphatic heterocycles. The first-order valence-electron chi connectivity index (χ1n) is 6.66. The van der Waals surface area contributed by atoms with Gasteiger partial charge in [0.15, 0.2) is 11.5 Å². The van der Waals surface area contributed by atoms with E-state index in [2.05, 4.69) is 5.32 Å². The molecule has 20 heavy (non-hydrogen) atoms. The Labute approximate surface area is 117 Å². The fourth-order valence-corrected chi connectivity index (χ4v) is 2.71. The van der Waals surface area contributed by atoms with E-state index in [0.717, 1.165) is 12.0 Å². The molecule has 4 heteroatoms. The second kappa shape index (κ2) is 5.15. The summed E-state index contributed by atoms with van der Waals surface area (Å²) in [5, 5.41) is 32.6. The van der Waals surface area contributed by atoms with Crippen molar-refractivity contribution in [2.24, 2.45) is 0 Å². The van der Waals surface area contributed by atoms with Crippen molar-refractivity contribution in [1.29, 1.82) is 0 Å². The van der Waals surface area contributed by atoms with E-state index < -0.39 is 6.10 Å². The number of aromatic hydroxyl groups is 2. The second-order valence-corrected chi connectivity index (χ2v) is 5.14. The molecule has 4 nitrogen and oxygen atoms in total. The molecule has 1 aliphatic rings. The van der Waals surface area contributed by atoms with Crippen LogP contribution in [0.1, 0.15) is 28.8 Å². The van der Waals surface area contributed by atoms with Crippen molar-refractivity contribution in [1.82, 2.24) is 5.32 Å². The number of aliphatic hydroxyl groups is 1. The van der Waals surface area contributed by atoms with E-state index in [1.54, 1.807) is 0 Å². The van der Waals surface area contributed by atoms with Gasteiger partial charge in [-0.3, -0.25) is 0 Å². The lowest BCUT2D eigenvalue weighted by Crippen LogP contribution is -2.34. The van der Waals surface area contributed by atoms with Gasteiger partial charge in [0.1, 0.15) is 0 Å². The van der Waals surface area contributed by atoms with Crippen LogP contribution in [0.25, 0.3) is 0 Å². The van der Waals surface area contributed by atoms with Crippen LogP contribution in [0.3, 0.4) is 0 Å². The van der Waals surface area contributed by atoms with Crippen molar-refractivity contribution < 1.29 is 15.3 Å². The molecule has 3 rings (SSSR count). The molecule has 2 atom stereocenters. The largest absolute Gasteiger partial charge is 0.504 e. The summed E-state index contributed by atoms with van der Waals surface area (Å²) in [6.45, 7) is 0.439. The van der Waals surface area contributed by atoms with Crippen LogP contribution in [-0.4, -0.2) is 21.9 Å². The lowest BCUT2D eigenvalue weighted by Gasteiger charge is -2.30. The molecule has 2 aromatic carbocycles. The molecule has 4 N–H and O–H groups in total. The van der Waals surface area contributed by atoms with E-state index >= 15 is 0 Å². The van der Waals surface area contributed by atoms with Gasteiger partial charge in [0.25, 0.3) is 0 Å². The molecule has 104 valence electrons. The van der Waals surface area contributed by atoms with Crippen LogP contribution in [0.4, 0.5) is 0 Å². The minimum Gasteiger partial charge on any atom is -0.504 e. The van der Waals surface area contributed by atoms with Crippen LogP contribution in [0, 0.1) is 0 Å². The monoisotopic (exact) mass is 271 g/mol. The van der Waals surface area contributed by atoms with Crippen LogP contribution in [0.5, 0.6) is 11.5 Å². The highest BCUT2D eigenvalue weighted by molar-refractivity contribution is 5.49. The quantitative estimate of drug-likeness (QED) is 0.631. The van der Waals surface area contributed by atoms with Crippen molar-refractivity contribution in [3.8, 4) is 11.5 Å². The van der Waals surface area contributed by atoms with E-state index in [4.69, 9.17) is 0 Å². The number of phenols is 2. The predicted molar refractivity (Wildman–Crippen MR) is 75.6 cm³/mol.